The normalized spacial score (nSPS) is 25.3. The lowest BCUT2D eigenvalue weighted by molar-refractivity contribution is -0.142. The third kappa shape index (κ3) is 5.88. The monoisotopic (exact) mass is 857 g/mol. The molecule has 2 saturated heterocycles. The van der Waals surface area contributed by atoms with Crippen LogP contribution in [0.4, 0.5) is 29.1 Å². The average Bonchev–Trinajstić information content (AvgIpc) is 3.57. The number of methoxy groups -OCH3 is 1. The Hall–Kier alpha value is -5.38. The van der Waals surface area contributed by atoms with Crippen LogP contribution in [0.25, 0.3) is 0 Å². The van der Waals surface area contributed by atoms with Gasteiger partial charge in [0.1, 0.15) is 11.4 Å². The number of rotatable bonds is 7. The molecule has 2 aliphatic carbocycles. The van der Waals surface area contributed by atoms with E-state index in [1.807, 2.05) is 0 Å². The van der Waals surface area contributed by atoms with Gasteiger partial charge in [0.05, 0.1) is 46.0 Å². The molecule has 0 bridgehead atoms. The number of benzene rings is 3. The third-order valence-electron chi connectivity index (χ3n) is 11.6. The summed E-state index contributed by atoms with van der Waals surface area (Å²) in [6.07, 6.45) is -3.48. The highest BCUT2D eigenvalue weighted by Gasteiger charge is 2.71. The number of phenols is 1. The summed E-state index contributed by atoms with van der Waals surface area (Å²) in [7, 11) is 2.63. The van der Waals surface area contributed by atoms with Crippen molar-refractivity contribution in [3.63, 3.8) is 0 Å². The largest absolute Gasteiger partial charge is 0.505 e. The van der Waals surface area contributed by atoms with Crippen molar-refractivity contribution >= 4 is 69.9 Å². The van der Waals surface area contributed by atoms with E-state index in [2.05, 4.69) is 10.4 Å². The highest BCUT2D eigenvalue weighted by molar-refractivity contribution is 6.36. The van der Waals surface area contributed by atoms with Crippen molar-refractivity contribution in [2.75, 3.05) is 24.6 Å². The summed E-state index contributed by atoms with van der Waals surface area (Å²) in [5.41, 5.74) is 0.408. The summed E-state index contributed by atoms with van der Waals surface area (Å²) < 4.78 is 61.9. The molecule has 8 rings (SSSR count). The summed E-state index contributed by atoms with van der Waals surface area (Å²) in [4.78, 5) is 62.6. The zero-order valence-corrected chi connectivity index (χ0v) is 32.5. The fourth-order valence-corrected chi connectivity index (χ4v) is 9.82. The van der Waals surface area contributed by atoms with E-state index in [1.165, 1.54) is 44.5 Å². The Labute approximate surface area is 342 Å². The smallest absolute Gasteiger partial charge is 0.433 e. The molecule has 1 saturated carbocycles. The number of anilines is 2. The van der Waals surface area contributed by atoms with Crippen LogP contribution in [0.3, 0.4) is 0 Å². The van der Waals surface area contributed by atoms with Crippen LogP contribution in [-0.2, 0) is 30.8 Å². The first-order valence-electron chi connectivity index (χ1n) is 17.8. The summed E-state index contributed by atoms with van der Waals surface area (Å²) in [6.45, 7) is 0. The van der Waals surface area contributed by atoms with Gasteiger partial charge >= 0.3 is 6.18 Å². The number of aromatic nitrogens is 1. The van der Waals surface area contributed by atoms with E-state index in [4.69, 9.17) is 39.5 Å². The number of halogens is 7. The summed E-state index contributed by atoms with van der Waals surface area (Å²) in [5, 5.41) is 13.9. The number of nitrogens with one attached hydrogen (secondary N) is 1. The van der Waals surface area contributed by atoms with E-state index in [0.29, 0.717) is 28.0 Å². The van der Waals surface area contributed by atoms with Crippen molar-refractivity contribution in [3.8, 4) is 11.5 Å². The lowest BCUT2D eigenvalue weighted by Gasteiger charge is -2.50. The standard InChI is InChI=1S/C40H30Cl3F4N5O6/c1-50(34-26(42)13-15-30(48-34)40(45,46)47)52-35(54)22-12-11-21-24(31(22)37(52)56)17-25-36(55)51(49-29-14-8-19(41)16-27(29)43)38(57)39(25,18-6-9-20(58-2)10-7-18)32(21)23-4-3-5-28(44)33(23)53/h3-11,13-16,22,24-25,31-32,49,53H,12,17H2,1-2H3. The van der Waals surface area contributed by atoms with Gasteiger partial charge in [0, 0.05) is 23.6 Å². The predicted octanol–water partition coefficient (Wildman–Crippen LogP) is 7.95. The molecule has 3 heterocycles. The number of imide groups is 2. The number of fused-ring (bicyclic) bond motifs is 4. The van der Waals surface area contributed by atoms with E-state index in [0.717, 1.165) is 22.2 Å². The first-order valence-corrected chi connectivity index (χ1v) is 18.9. The molecule has 18 heteroatoms. The van der Waals surface area contributed by atoms with Crippen LogP contribution in [0.15, 0.2) is 84.4 Å². The minimum Gasteiger partial charge on any atom is -0.505 e. The van der Waals surface area contributed by atoms with Gasteiger partial charge < -0.3 is 9.84 Å². The van der Waals surface area contributed by atoms with Crippen LogP contribution in [0.5, 0.6) is 11.5 Å². The van der Waals surface area contributed by atoms with Gasteiger partial charge in [-0.25, -0.2) is 9.37 Å². The molecular formula is C40H30Cl3F4N5O6. The Balaban J connectivity index is 1.30. The number of hydrazine groups is 2. The summed E-state index contributed by atoms with van der Waals surface area (Å²) in [6, 6.07) is 16.2. The van der Waals surface area contributed by atoms with E-state index in [-0.39, 0.29) is 39.2 Å². The lowest BCUT2D eigenvalue weighted by Crippen LogP contribution is -2.53. The maximum atomic E-state index is 15.4. The molecule has 0 radical (unpaired) electrons. The van der Waals surface area contributed by atoms with Gasteiger partial charge in [0.2, 0.25) is 0 Å². The first-order chi connectivity index (χ1) is 27.5. The van der Waals surface area contributed by atoms with Crippen molar-refractivity contribution in [1.29, 1.82) is 0 Å². The maximum Gasteiger partial charge on any atom is 0.433 e. The van der Waals surface area contributed by atoms with Crippen LogP contribution in [0.1, 0.15) is 35.6 Å². The molecule has 300 valence electrons. The van der Waals surface area contributed by atoms with Crippen LogP contribution in [-0.4, -0.2) is 57.9 Å². The minimum atomic E-state index is -4.87. The predicted molar refractivity (Wildman–Crippen MR) is 203 cm³/mol. The Kier molecular flexibility index (Phi) is 9.64. The molecule has 1 aromatic heterocycles. The molecule has 58 heavy (non-hydrogen) atoms. The van der Waals surface area contributed by atoms with Gasteiger partial charge in [-0.3, -0.25) is 29.6 Å². The fourth-order valence-electron chi connectivity index (χ4n) is 9.14. The molecule has 0 spiro atoms. The Morgan fingerprint density at radius 3 is 2.33 bits per heavy atom. The molecule has 2 aliphatic heterocycles. The van der Waals surface area contributed by atoms with E-state index >= 15 is 9.18 Å². The van der Waals surface area contributed by atoms with Crippen molar-refractivity contribution in [2.45, 2.75) is 30.4 Å². The number of allylic oxidation sites excluding steroid dienone is 2. The number of hydrogen-bond donors (Lipinski definition) is 2. The number of pyridine rings is 1. The highest BCUT2D eigenvalue weighted by Crippen LogP contribution is 2.65. The number of alkyl halides is 3. The molecule has 4 aromatic rings. The zero-order valence-electron chi connectivity index (χ0n) is 30.2. The Morgan fingerprint density at radius 2 is 1.66 bits per heavy atom. The number of carbonyl (C=O) groups is 4. The maximum absolute atomic E-state index is 15.4. The highest BCUT2D eigenvalue weighted by atomic mass is 35.5. The topological polar surface area (TPSA) is 132 Å². The first kappa shape index (κ1) is 39.4. The second kappa shape index (κ2) is 14.2. The number of aromatic hydroxyl groups is 1. The van der Waals surface area contributed by atoms with Crippen molar-refractivity contribution < 1.29 is 46.6 Å². The van der Waals surface area contributed by atoms with Crippen LogP contribution in [0, 0.1) is 29.5 Å². The number of nitrogens with zero attached hydrogens (tertiary/aromatic N) is 4. The van der Waals surface area contributed by atoms with E-state index < -0.39 is 87.9 Å². The number of carbonyl (C=O) groups excluding carboxylic acids is 4. The summed E-state index contributed by atoms with van der Waals surface area (Å²) >= 11 is 18.9. The van der Waals surface area contributed by atoms with Crippen molar-refractivity contribution in [1.82, 2.24) is 15.0 Å². The number of phenolic OH excluding ortho intramolecular Hbond substituents is 1. The SMILES string of the molecule is COc1ccc(C23C(=O)N(Nc4ccc(Cl)cc4Cl)C(=O)C2CC2C(=CCC4C(=O)N(N(C)c5nc(C(F)(F)F)ccc5Cl)C(=O)C42)C3c2cccc(F)c2O)cc1. The van der Waals surface area contributed by atoms with Gasteiger partial charge in [-0.1, -0.05) is 70.7 Å². The van der Waals surface area contributed by atoms with Gasteiger partial charge in [-0.2, -0.15) is 23.2 Å². The van der Waals surface area contributed by atoms with Crippen LogP contribution < -0.4 is 15.2 Å². The lowest BCUT2D eigenvalue weighted by atomic mass is 9.49. The fraction of sp³-hybridized carbons (Fsp3) is 0.275. The second-order valence-electron chi connectivity index (χ2n) is 14.4. The Morgan fingerprint density at radius 1 is 0.931 bits per heavy atom. The molecule has 4 aliphatic rings. The average molecular weight is 859 g/mol. The Bertz CT molecular complexity index is 2450. The van der Waals surface area contributed by atoms with Crippen molar-refractivity contribution in [3.05, 3.63) is 122 Å². The van der Waals surface area contributed by atoms with Gasteiger partial charge in [-0.15, -0.1) is 0 Å². The number of para-hydroxylation sites is 1. The van der Waals surface area contributed by atoms with E-state index in [1.54, 1.807) is 30.3 Å². The van der Waals surface area contributed by atoms with E-state index in [9.17, 15) is 32.7 Å². The van der Waals surface area contributed by atoms with Crippen LogP contribution >= 0.6 is 34.8 Å². The number of amides is 4. The number of ether oxygens (including phenoxy) is 1. The second-order valence-corrected chi connectivity index (χ2v) is 15.7. The molecule has 6 unspecified atom stereocenters. The van der Waals surface area contributed by atoms with Gasteiger partial charge in [0.25, 0.3) is 23.6 Å². The zero-order chi connectivity index (χ0) is 41.6. The molecule has 3 fully saturated rings. The van der Waals surface area contributed by atoms with Crippen LogP contribution in [0.2, 0.25) is 15.1 Å². The van der Waals surface area contributed by atoms with Crippen molar-refractivity contribution in [2.24, 2.45) is 23.7 Å². The quantitative estimate of drug-likeness (QED) is 0.108. The molecule has 3 aromatic carbocycles. The molecule has 11 nitrogen and oxygen atoms in total. The number of hydrogen-bond acceptors (Lipinski definition) is 9. The molecule has 2 N–H and O–H groups in total. The molecule has 4 amide bonds. The molecule has 6 atom stereocenters. The summed E-state index contributed by atoms with van der Waals surface area (Å²) in [5.74, 6) is -10.9. The van der Waals surface area contributed by atoms with Gasteiger partial charge in [0.15, 0.2) is 17.4 Å². The van der Waals surface area contributed by atoms with Gasteiger partial charge in [-0.05, 0) is 72.9 Å². The minimum absolute atomic E-state index is 0.0616. The molecular weight excluding hydrogens is 829 g/mol. The third-order valence-corrected chi connectivity index (χ3v) is 12.5.